The maximum Gasteiger partial charge on any atom is 0.254 e. The third kappa shape index (κ3) is 3.76. The number of para-hydroxylation sites is 1. The summed E-state index contributed by atoms with van der Waals surface area (Å²) < 4.78 is 5.73. The highest BCUT2D eigenvalue weighted by Gasteiger charge is 2.67. The van der Waals surface area contributed by atoms with Crippen molar-refractivity contribution in [1.29, 1.82) is 0 Å². The van der Waals surface area contributed by atoms with Crippen LogP contribution in [0.25, 0.3) is 0 Å². The van der Waals surface area contributed by atoms with Crippen molar-refractivity contribution in [3.63, 3.8) is 0 Å². The number of amides is 3. The van der Waals surface area contributed by atoms with E-state index in [1.54, 1.807) is 13.8 Å². The van der Waals surface area contributed by atoms with Gasteiger partial charge in [0.15, 0.2) is 0 Å². The van der Waals surface area contributed by atoms with E-state index in [2.05, 4.69) is 10.2 Å². The van der Waals surface area contributed by atoms with E-state index in [4.69, 9.17) is 4.74 Å². The Bertz CT molecular complexity index is 1010. The number of nitrogens with zero attached hydrogens (tertiary/aromatic N) is 3. The largest absolute Gasteiger partial charge is 0.366 e. The third-order valence-corrected chi connectivity index (χ3v) is 8.36. The van der Waals surface area contributed by atoms with Gasteiger partial charge in [-0.15, -0.1) is 0 Å². The van der Waals surface area contributed by atoms with Gasteiger partial charge in [-0.25, -0.2) is 0 Å². The van der Waals surface area contributed by atoms with Crippen LogP contribution in [-0.2, 0) is 24.7 Å². The molecule has 0 aliphatic carbocycles. The minimum absolute atomic E-state index is 0.0232. The van der Waals surface area contributed by atoms with Crippen LogP contribution in [0, 0.1) is 5.92 Å². The number of hydrogen-bond acceptors (Lipinski definition) is 5. The fourth-order valence-corrected chi connectivity index (χ4v) is 6.93. The van der Waals surface area contributed by atoms with Crippen molar-refractivity contribution >= 4 is 23.4 Å². The van der Waals surface area contributed by atoms with E-state index >= 15 is 0 Å². The maximum absolute atomic E-state index is 14.3. The molecular weight excluding hydrogens is 444 g/mol. The topological polar surface area (TPSA) is 82.2 Å². The number of rotatable bonds is 3. The van der Waals surface area contributed by atoms with E-state index < -0.39 is 17.1 Å². The summed E-state index contributed by atoms with van der Waals surface area (Å²) in [4.78, 5) is 47.3. The van der Waals surface area contributed by atoms with Gasteiger partial charge < -0.3 is 19.9 Å². The van der Waals surface area contributed by atoms with Gasteiger partial charge in [0, 0.05) is 50.1 Å². The molecule has 0 unspecified atom stereocenters. The van der Waals surface area contributed by atoms with E-state index in [-0.39, 0.29) is 23.8 Å². The van der Waals surface area contributed by atoms with E-state index in [9.17, 15) is 14.4 Å². The summed E-state index contributed by atoms with van der Waals surface area (Å²) in [5.41, 5.74) is 0.0559. The molecule has 1 aromatic rings. The van der Waals surface area contributed by atoms with Crippen molar-refractivity contribution < 1.29 is 19.1 Å². The lowest BCUT2D eigenvalue weighted by atomic mass is 9.78. The SMILES string of the molecule is CCOC(C)(C)C(=O)N1CCCNC(=O)[C@H]2C[C@@H]3CCCN3[C@@]23C(=O)N(CCC1)c1ccccc13. The molecule has 3 fully saturated rings. The summed E-state index contributed by atoms with van der Waals surface area (Å²) in [6.07, 6.45) is 4.14. The molecule has 3 saturated heterocycles. The molecule has 4 heterocycles. The number of fused-ring (bicyclic) bond motifs is 4. The highest BCUT2D eigenvalue weighted by molar-refractivity contribution is 6.10. The minimum Gasteiger partial charge on any atom is -0.366 e. The predicted molar refractivity (Wildman–Crippen MR) is 133 cm³/mol. The second-order valence-corrected chi connectivity index (χ2v) is 10.8. The van der Waals surface area contributed by atoms with E-state index in [0.717, 1.165) is 30.6 Å². The molecule has 3 atom stereocenters. The molecule has 35 heavy (non-hydrogen) atoms. The monoisotopic (exact) mass is 482 g/mol. The van der Waals surface area contributed by atoms with Crippen LogP contribution in [-0.4, -0.2) is 78.5 Å². The summed E-state index contributed by atoms with van der Waals surface area (Å²) in [5, 5.41) is 3.13. The highest BCUT2D eigenvalue weighted by atomic mass is 16.5. The Hall–Kier alpha value is -2.45. The van der Waals surface area contributed by atoms with E-state index in [0.29, 0.717) is 52.0 Å². The fraction of sp³-hybridized carbons (Fsp3) is 0.667. The van der Waals surface area contributed by atoms with Crippen LogP contribution in [0.3, 0.4) is 0 Å². The van der Waals surface area contributed by atoms with Gasteiger partial charge in [0.05, 0.1) is 5.92 Å². The number of ether oxygens (including phenoxy) is 1. The lowest BCUT2D eigenvalue weighted by Crippen LogP contribution is -2.56. The van der Waals surface area contributed by atoms with Gasteiger partial charge in [0.2, 0.25) is 5.91 Å². The predicted octanol–water partition coefficient (Wildman–Crippen LogP) is 2.27. The van der Waals surface area contributed by atoms with Crippen LogP contribution in [0.5, 0.6) is 0 Å². The van der Waals surface area contributed by atoms with Crippen LogP contribution in [0.2, 0.25) is 0 Å². The molecule has 1 N–H and O–H groups in total. The Morgan fingerprint density at radius 1 is 1.11 bits per heavy atom. The van der Waals surface area contributed by atoms with Crippen molar-refractivity contribution in [2.75, 3.05) is 44.2 Å². The lowest BCUT2D eigenvalue weighted by molar-refractivity contribution is -0.153. The van der Waals surface area contributed by atoms with Crippen molar-refractivity contribution in [3.8, 4) is 0 Å². The maximum atomic E-state index is 14.3. The molecule has 1 spiro atoms. The smallest absolute Gasteiger partial charge is 0.254 e. The first kappa shape index (κ1) is 24.3. The normalized spacial score (nSPS) is 29.6. The zero-order valence-electron chi connectivity index (χ0n) is 21.2. The van der Waals surface area contributed by atoms with Gasteiger partial charge in [-0.3, -0.25) is 19.3 Å². The summed E-state index contributed by atoms with van der Waals surface area (Å²) in [7, 11) is 0. The highest BCUT2D eigenvalue weighted by Crippen LogP contribution is 2.57. The fourth-order valence-electron chi connectivity index (χ4n) is 6.93. The summed E-state index contributed by atoms with van der Waals surface area (Å²) in [6.45, 7) is 8.89. The average Bonchev–Trinajstić information content (AvgIpc) is 3.48. The molecule has 190 valence electrons. The second-order valence-electron chi connectivity index (χ2n) is 10.8. The number of benzene rings is 1. The summed E-state index contributed by atoms with van der Waals surface area (Å²) >= 11 is 0. The van der Waals surface area contributed by atoms with Crippen LogP contribution >= 0.6 is 0 Å². The first-order valence-electron chi connectivity index (χ1n) is 13.2. The van der Waals surface area contributed by atoms with Gasteiger partial charge >= 0.3 is 0 Å². The zero-order valence-corrected chi connectivity index (χ0v) is 21.2. The number of hydrogen-bond donors (Lipinski definition) is 1. The molecule has 0 saturated carbocycles. The Balaban J connectivity index is 1.49. The Morgan fingerprint density at radius 3 is 2.69 bits per heavy atom. The minimum atomic E-state index is -0.914. The number of carbonyl (C=O) groups excluding carboxylic acids is 3. The van der Waals surface area contributed by atoms with Crippen molar-refractivity contribution in [2.45, 2.75) is 70.1 Å². The third-order valence-electron chi connectivity index (χ3n) is 8.36. The molecule has 3 amide bonds. The van der Waals surface area contributed by atoms with Crippen molar-refractivity contribution in [1.82, 2.24) is 15.1 Å². The Kier molecular flexibility index (Phi) is 6.38. The standard InChI is InChI=1S/C27H38N4O4/c1-4-35-26(2,3)24(33)29-14-8-13-28-23(32)21-18-19-10-7-17-31(19)27(21)20-11-5-6-12-22(20)30(25(27)34)16-9-15-29/h5-6,11-12,19,21H,4,7-10,13-18H2,1-3H3,(H,28,32)/t19-,21+,27+/m0/s1. The van der Waals surface area contributed by atoms with Crippen molar-refractivity contribution in [3.05, 3.63) is 29.8 Å². The Labute approximate surface area is 207 Å². The lowest BCUT2D eigenvalue weighted by Gasteiger charge is -2.37. The van der Waals surface area contributed by atoms with Gasteiger partial charge in [0.25, 0.3) is 11.8 Å². The van der Waals surface area contributed by atoms with E-state index in [1.807, 2.05) is 41.0 Å². The van der Waals surface area contributed by atoms with Crippen LogP contribution in [0.1, 0.15) is 58.4 Å². The summed E-state index contributed by atoms with van der Waals surface area (Å²) in [6, 6.07) is 8.26. The van der Waals surface area contributed by atoms with Gasteiger partial charge in [0.1, 0.15) is 11.1 Å². The first-order chi connectivity index (χ1) is 16.8. The molecular formula is C27H38N4O4. The second kappa shape index (κ2) is 9.21. The van der Waals surface area contributed by atoms with Crippen molar-refractivity contribution in [2.24, 2.45) is 5.92 Å². The van der Waals surface area contributed by atoms with Gasteiger partial charge in [-0.1, -0.05) is 18.2 Å². The van der Waals surface area contributed by atoms with Crippen LogP contribution in [0.15, 0.2) is 24.3 Å². The molecule has 0 aromatic heterocycles. The molecule has 8 heteroatoms. The molecule has 8 nitrogen and oxygen atoms in total. The molecule has 2 bridgehead atoms. The molecule has 5 rings (SSSR count). The van der Waals surface area contributed by atoms with E-state index in [1.165, 1.54) is 0 Å². The van der Waals surface area contributed by atoms with Gasteiger partial charge in [-0.2, -0.15) is 0 Å². The number of nitrogens with one attached hydrogen (secondary N) is 1. The number of carbonyl (C=O) groups is 3. The quantitative estimate of drug-likeness (QED) is 0.715. The molecule has 1 aromatic carbocycles. The number of anilines is 1. The Morgan fingerprint density at radius 2 is 1.89 bits per heavy atom. The summed E-state index contributed by atoms with van der Waals surface area (Å²) in [5.74, 6) is -0.477. The first-order valence-corrected chi connectivity index (χ1v) is 13.2. The molecule has 0 radical (unpaired) electrons. The van der Waals surface area contributed by atoms with Gasteiger partial charge in [-0.05, 0) is 65.5 Å². The molecule has 4 aliphatic rings. The average molecular weight is 483 g/mol. The van der Waals surface area contributed by atoms with Crippen LogP contribution in [0.4, 0.5) is 5.69 Å². The zero-order chi connectivity index (χ0) is 24.8. The molecule has 4 aliphatic heterocycles. The van der Waals surface area contributed by atoms with Crippen LogP contribution < -0.4 is 10.2 Å².